The summed E-state index contributed by atoms with van der Waals surface area (Å²) in [5, 5.41) is 6.45. The molecule has 22 heavy (non-hydrogen) atoms. The normalized spacial score (nSPS) is 24.5. The molecule has 6 heteroatoms. The van der Waals surface area contributed by atoms with Gasteiger partial charge in [0.2, 0.25) is 5.91 Å². The van der Waals surface area contributed by atoms with Crippen LogP contribution in [0.1, 0.15) is 40.0 Å². The number of amides is 1. The third-order valence-corrected chi connectivity index (χ3v) is 4.97. The van der Waals surface area contributed by atoms with Crippen molar-refractivity contribution in [3.05, 3.63) is 0 Å². The quantitative estimate of drug-likeness (QED) is 0.796. The minimum absolute atomic E-state index is 0. The molecule has 2 atom stereocenters. The van der Waals surface area contributed by atoms with Crippen LogP contribution in [0.5, 0.6) is 0 Å². The highest BCUT2D eigenvalue weighted by molar-refractivity contribution is 5.85. The predicted octanol–water partition coefficient (Wildman–Crippen LogP) is 2.31. The molecule has 0 aromatic carbocycles. The number of carbonyl (C=O) groups excluding carboxylic acids is 1. The van der Waals surface area contributed by atoms with Crippen LogP contribution >= 0.6 is 24.8 Å². The van der Waals surface area contributed by atoms with Crippen LogP contribution < -0.4 is 10.6 Å². The van der Waals surface area contributed by atoms with Crippen molar-refractivity contribution >= 4 is 30.7 Å². The van der Waals surface area contributed by atoms with E-state index in [4.69, 9.17) is 0 Å². The second-order valence-corrected chi connectivity index (χ2v) is 6.96. The fourth-order valence-corrected chi connectivity index (χ4v) is 3.37. The standard InChI is InChI=1S/C16H31N3O.2ClH/c1-12(2)15(19-8-5-13(3)6-9-19)11-18-16(20)14-4-7-17-10-14;;/h12-15,17H,4-11H2,1-3H3,(H,18,20);2*1H. The molecule has 2 unspecified atom stereocenters. The molecular formula is C16H33Cl2N3O. The van der Waals surface area contributed by atoms with Gasteiger partial charge < -0.3 is 10.6 Å². The monoisotopic (exact) mass is 353 g/mol. The van der Waals surface area contributed by atoms with Crippen molar-refractivity contribution in [2.75, 3.05) is 32.7 Å². The molecule has 0 bridgehead atoms. The first-order chi connectivity index (χ1) is 9.58. The zero-order valence-electron chi connectivity index (χ0n) is 14.1. The zero-order chi connectivity index (χ0) is 14.5. The van der Waals surface area contributed by atoms with E-state index in [0.717, 1.165) is 32.0 Å². The minimum Gasteiger partial charge on any atom is -0.354 e. The Hall–Kier alpha value is -0.0300. The summed E-state index contributed by atoms with van der Waals surface area (Å²) in [6, 6.07) is 0.487. The van der Waals surface area contributed by atoms with E-state index in [9.17, 15) is 4.79 Å². The molecule has 4 nitrogen and oxygen atoms in total. The van der Waals surface area contributed by atoms with E-state index >= 15 is 0 Å². The van der Waals surface area contributed by atoms with Crippen molar-refractivity contribution in [1.29, 1.82) is 0 Å². The van der Waals surface area contributed by atoms with Gasteiger partial charge in [-0.2, -0.15) is 0 Å². The van der Waals surface area contributed by atoms with Crippen molar-refractivity contribution in [2.24, 2.45) is 17.8 Å². The Bertz CT molecular complexity index is 315. The number of piperidine rings is 1. The molecule has 0 aromatic heterocycles. The summed E-state index contributed by atoms with van der Waals surface area (Å²) in [7, 11) is 0. The summed E-state index contributed by atoms with van der Waals surface area (Å²) >= 11 is 0. The van der Waals surface area contributed by atoms with Gasteiger partial charge in [0.05, 0.1) is 5.92 Å². The molecule has 2 N–H and O–H groups in total. The van der Waals surface area contributed by atoms with E-state index in [1.807, 2.05) is 0 Å². The van der Waals surface area contributed by atoms with Crippen LogP contribution in [-0.4, -0.2) is 49.6 Å². The molecule has 2 fully saturated rings. The minimum atomic E-state index is 0. The summed E-state index contributed by atoms with van der Waals surface area (Å²) in [5.41, 5.74) is 0. The molecule has 1 amide bonds. The van der Waals surface area contributed by atoms with Crippen LogP contribution in [0.15, 0.2) is 0 Å². The van der Waals surface area contributed by atoms with E-state index in [1.54, 1.807) is 0 Å². The molecule has 0 radical (unpaired) electrons. The van der Waals surface area contributed by atoms with Crippen LogP contribution in [0.3, 0.4) is 0 Å². The molecule has 2 saturated heterocycles. The number of hydrogen-bond acceptors (Lipinski definition) is 3. The highest BCUT2D eigenvalue weighted by Gasteiger charge is 2.27. The van der Waals surface area contributed by atoms with Gasteiger partial charge in [-0.25, -0.2) is 0 Å². The Morgan fingerprint density at radius 2 is 1.86 bits per heavy atom. The van der Waals surface area contributed by atoms with Crippen LogP contribution in [-0.2, 0) is 4.79 Å². The van der Waals surface area contributed by atoms with Gasteiger partial charge in [-0.15, -0.1) is 24.8 Å². The summed E-state index contributed by atoms with van der Waals surface area (Å²) in [4.78, 5) is 14.7. The van der Waals surface area contributed by atoms with Gasteiger partial charge >= 0.3 is 0 Å². The zero-order valence-corrected chi connectivity index (χ0v) is 15.8. The van der Waals surface area contributed by atoms with Gasteiger partial charge in [0.15, 0.2) is 0 Å². The Morgan fingerprint density at radius 1 is 1.23 bits per heavy atom. The number of carbonyl (C=O) groups is 1. The number of rotatable bonds is 5. The molecule has 0 aromatic rings. The number of hydrogen-bond donors (Lipinski definition) is 2. The Labute approximate surface area is 148 Å². The number of nitrogens with one attached hydrogen (secondary N) is 2. The van der Waals surface area contributed by atoms with Crippen molar-refractivity contribution < 1.29 is 4.79 Å². The van der Waals surface area contributed by atoms with E-state index in [2.05, 4.69) is 36.3 Å². The molecular weight excluding hydrogens is 321 g/mol. The topological polar surface area (TPSA) is 44.4 Å². The van der Waals surface area contributed by atoms with Crippen molar-refractivity contribution in [3.63, 3.8) is 0 Å². The highest BCUT2D eigenvalue weighted by atomic mass is 35.5. The third-order valence-electron chi connectivity index (χ3n) is 4.97. The largest absolute Gasteiger partial charge is 0.354 e. The van der Waals surface area contributed by atoms with Gasteiger partial charge in [0.1, 0.15) is 0 Å². The summed E-state index contributed by atoms with van der Waals surface area (Å²) < 4.78 is 0. The Morgan fingerprint density at radius 3 is 2.36 bits per heavy atom. The lowest BCUT2D eigenvalue weighted by atomic mass is 9.94. The number of nitrogens with zero attached hydrogens (tertiary/aromatic N) is 1. The SMILES string of the molecule is CC1CCN(C(CNC(=O)C2CCNC2)C(C)C)CC1.Cl.Cl. The van der Waals surface area contributed by atoms with Gasteiger partial charge in [0.25, 0.3) is 0 Å². The summed E-state index contributed by atoms with van der Waals surface area (Å²) in [5.74, 6) is 1.87. The van der Waals surface area contributed by atoms with Crippen LogP contribution in [0.2, 0.25) is 0 Å². The Balaban J connectivity index is 0.00000220. The molecule has 2 heterocycles. The number of halogens is 2. The lowest BCUT2D eigenvalue weighted by Crippen LogP contribution is -2.50. The molecule has 0 spiro atoms. The van der Waals surface area contributed by atoms with Crippen molar-refractivity contribution in [2.45, 2.75) is 46.1 Å². The first-order valence-corrected chi connectivity index (χ1v) is 8.30. The van der Waals surface area contributed by atoms with E-state index < -0.39 is 0 Å². The maximum Gasteiger partial charge on any atom is 0.224 e. The summed E-state index contributed by atoms with van der Waals surface area (Å²) in [6.45, 7) is 11.9. The average Bonchev–Trinajstić information content (AvgIpc) is 2.94. The average molecular weight is 354 g/mol. The van der Waals surface area contributed by atoms with Gasteiger partial charge in [-0.05, 0) is 50.7 Å². The lowest BCUT2D eigenvalue weighted by Gasteiger charge is -2.39. The van der Waals surface area contributed by atoms with Gasteiger partial charge in [-0.3, -0.25) is 9.69 Å². The Kier molecular flexibility index (Phi) is 10.7. The molecule has 132 valence electrons. The van der Waals surface area contributed by atoms with Crippen molar-refractivity contribution in [1.82, 2.24) is 15.5 Å². The van der Waals surface area contributed by atoms with Crippen molar-refractivity contribution in [3.8, 4) is 0 Å². The smallest absolute Gasteiger partial charge is 0.224 e. The lowest BCUT2D eigenvalue weighted by molar-refractivity contribution is -0.124. The fraction of sp³-hybridized carbons (Fsp3) is 0.938. The van der Waals surface area contributed by atoms with Gasteiger partial charge in [-0.1, -0.05) is 20.8 Å². The van der Waals surface area contributed by atoms with E-state index in [-0.39, 0.29) is 36.6 Å². The van der Waals surface area contributed by atoms with E-state index in [0.29, 0.717) is 12.0 Å². The molecule has 2 rings (SSSR count). The number of likely N-dealkylation sites (tertiary alicyclic amines) is 1. The maximum atomic E-state index is 12.1. The predicted molar refractivity (Wildman–Crippen MR) is 97.1 cm³/mol. The second kappa shape index (κ2) is 10.7. The molecule has 0 aliphatic carbocycles. The second-order valence-electron chi connectivity index (χ2n) is 6.96. The maximum absolute atomic E-state index is 12.1. The fourth-order valence-electron chi connectivity index (χ4n) is 3.37. The van der Waals surface area contributed by atoms with Crippen LogP contribution in [0.4, 0.5) is 0 Å². The highest BCUT2D eigenvalue weighted by Crippen LogP contribution is 2.21. The molecule has 2 aliphatic heterocycles. The molecule has 2 aliphatic rings. The van der Waals surface area contributed by atoms with Crippen LogP contribution in [0, 0.1) is 17.8 Å². The van der Waals surface area contributed by atoms with Gasteiger partial charge in [0, 0.05) is 19.1 Å². The van der Waals surface area contributed by atoms with E-state index in [1.165, 1.54) is 25.9 Å². The summed E-state index contributed by atoms with van der Waals surface area (Å²) in [6.07, 6.45) is 3.58. The van der Waals surface area contributed by atoms with Crippen LogP contribution in [0.25, 0.3) is 0 Å². The first kappa shape index (κ1) is 22.0. The molecule has 0 saturated carbocycles. The third kappa shape index (κ3) is 6.23. The first-order valence-electron chi connectivity index (χ1n) is 8.30.